The average Bonchev–Trinajstić information content (AvgIpc) is 2.52. The molecule has 0 aliphatic carbocycles. The van der Waals surface area contributed by atoms with Crippen molar-refractivity contribution in [2.45, 2.75) is 13.1 Å². The molecule has 0 aliphatic heterocycles. The molecule has 0 saturated carbocycles. The van der Waals surface area contributed by atoms with Crippen LogP contribution in [0.1, 0.15) is 11.3 Å². The van der Waals surface area contributed by atoms with Crippen molar-refractivity contribution in [3.63, 3.8) is 0 Å². The quantitative estimate of drug-likeness (QED) is 0.661. The van der Waals surface area contributed by atoms with Crippen molar-refractivity contribution in [3.05, 3.63) is 41.6 Å². The summed E-state index contributed by atoms with van der Waals surface area (Å²) in [6.45, 7) is 1.90. The first-order valence-electron chi connectivity index (χ1n) is 7.23. The Morgan fingerprint density at radius 3 is 2.44 bits per heavy atom. The van der Waals surface area contributed by atoms with Gasteiger partial charge in [0.2, 0.25) is 5.95 Å². The van der Waals surface area contributed by atoms with Crippen LogP contribution < -0.4 is 16.0 Å². The van der Waals surface area contributed by atoms with E-state index in [4.69, 9.17) is 5.11 Å². The third kappa shape index (κ3) is 5.60. The summed E-state index contributed by atoms with van der Waals surface area (Å²) in [6, 6.07) is 4.97. The molecular formula is C15H16F3N5O2. The van der Waals surface area contributed by atoms with E-state index >= 15 is 0 Å². The van der Waals surface area contributed by atoms with E-state index in [9.17, 15) is 18.0 Å². The lowest BCUT2D eigenvalue weighted by Crippen LogP contribution is -2.21. The molecule has 2 amide bonds. The molecule has 4 N–H and O–H groups in total. The van der Waals surface area contributed by atoms with Gasteiger partial charge < -0.3 is 15.7 Å². The lowest BCUT2D eigenvalue weighted by molar-refractivity contribution is -0.137. The van der Waals surface area contributed by atoms with Gasteiger partial charge in [0.25, 0.3) is 0 Å². The summed E-state index contributed by atoms with van der Waals surface area (Å²) in [5.41, 5.74) is -0.0304. The van der Waals surface area contributed by atoms with Crippen LogP contribution in [0, 0.1) is 6.92 Å². The predicted molar refractivity (Wildman–Crippen MR) is 86.4 cm³/mol. The highest BCUT2D eigenvalue weighted by Gasteiger charge is 2.29. The summed E-state index contributed by atoms with van der Waals surface area (Å²) < 4.78 is 37.5. The molecular weight excluding hydrogens is 339 g/mol. The van der Waals surface area contributed by atoms with E-state index in [1.807, 2.05) is 0 Å². The third-order valence-electron chi connectivity index (χ3n) is 2.97. The summed E-state index contributed by atoms with van der Waals surface area (Å²) in [5, 5.41) is 16.4. The van der Waals surface area contributed by atoms with Crippen LogP contribution in [0.3, 0.4) is 0 Å². The number of rotatable bonds is 5. The molecule has 7 nitrogen and oxygen atoms in total. The van der Waals surface area contributed by atoms with Gasteiger partial charge in [-0.2, -0.15) is 18.2 Å². The Bertz CT molecular complexity index is 735. The molecule has 1 aromatic carbocycles. The molecule has 10 heteroatoms. The van der Waals surface area contributed by atoms with Crippen molar-refractivity contribution in [1.29, 1.82) is 0 Å². The van der Waals surface area contributed by atoms with Gasteiger partial charge in [-0.3, -0.25) is 5.32 Å². The third-order valence-corrected chi connectivity index (χ3v) is 2.97. The second-order valence-corrected chi connectivity index (χ2v) is 5.02. The maximum atomic E-state index is 12.5. The Hall–Kier alpha value is -2.88. The lowest BCUT2D eigenvalue weighted by atomic mass is 10.2. The normalized spacial score (nSPS) is 11.1. The summed E-state index contributed by atoms with van der Waals surface area (Å²) in [4.78, 5) is 20.0. The average molecular weight is 355 g/mol. The van der Waals surface area contributed by atoms with Gasteiger partial charge in [0, 0.05) is 24.0 Å². The van der Waals surface area contributed by atoms with Crippen molar-refractivity contribution in [1.82, 2.24) is 9.97 Å². The highest BCUT2D eigenvalue weighted by atomic mass is 19.4. The fraction of sp³-hybridized carbons (Fsp3) is 0.267. The minimum Gasteiger partial charge on any atom is -0.395 e. The van der Waals surface area contributed by atoms with E-state index in [1.54, 1.807) is 13.0 Å². The summed E-state index contributed by atoms with van der Waals surface area (Å²) in [5.74, 6) is 0.441. The topological polar surface area (TPSA) is 99.2 Å². The van der Waals surface area contributed by atoms with Crippen LogP contribution in [-0.4, -0.2) is 34.3 Å². The van der Waals surface area contributed by atoms with Gasteiger partial charge in [0.1, 0.15) is 5.82 Å². The van der Waals surface area contributed by atoms with Gasteiger partial charge >= 0.3 is 12.2 Å². The summed E-state index contributed by atoms with van der Waals surface area (Å²) in [6.07, 6.45) is -4.44. The van der Waals surface area contributed by atoms with Gasteiger partial charge in [-0.1, -0.05) is 0 Å². The minimum atomic E-state index is -4.44. The molecule has 0 spiro atoms. The van der Waals surface area contributed by atoms with Gasteiger partial charge in [-0.15, -0.1) is 0 Å². The van der Waals surface area contributed by atoms with E-state index in [0.29, 0.717) is 11.5 Å². The number of anilines is 3. The number of aromatic nitrogens is 2. The number of aryl methyl sites for hydroxylation is 1. The highest BCUT2D eigenvalue weighted by molar-refractivity contribution is 5.98. The molecule has 134 valence electrons. The molecule has 0 saturated heterocycles. The summed E-state index contributed by atoms with van der Waals surface area (Å²) >= 11 is 0. The van der Waals surface area contributed by atoms with Crippen molar-refractivity contribution < 1.29 is 23.1 Å². The van der Waals surface area contributed by atoms with Crippen molar-refractivity contribution >= 4 is 23.5 Å². The predicted octanol–water partition coefficient (Wildman–Crippen LogP) is 2.85. The van der Waals surface area contributed by atoms with Gasteiger partial charge in [-0.05, 0) is 31.2 Å². The van der Waals surface area contributed by atoms with E-state index in [0.717, 1.165) is 24.3 Å². The van der Waals surface area contributed by atoms with Crippen LogP contribution in [0.4, 0.5) is 35.4 Å². The van der Waals surface area contributed by atoms with Gasteiger partial charge in [-0.25, -0.2) is 9.78 Å². The van der Waals surface area contributed by atoms with Crippen LogP contribution in [-0.2, 0) is 6.18 Å². The number of nitrogens with one attached hydrogen (secondary N) is 3. The second kappa shape index (κ2) is 7.79. The Morgan fingerprint density at radius 1 is 1.16 bits per heavy atom. The van der Waals surface area contributed by atoms with Crippen LogP contribution >= 0.6 is 0 Å². The fourth-order valence-corrected chi connectivity index (χ4v) is 1.91. The number of aliphatic hydroxyl groups excluding tert-OH is 1. The smallest absolute Gasteiger partial charge is 0.395 e. The maximum absolute atomic E-state index is 12.5. The SMILES string of the molecule is Cc1cc(NCCO)nc(NC(=O)Nc2ccc(C(F)(F)F)cc2)n1. The molecule has 1 aromatic heterocycles. The molecule has 25 heavy (non-hydrogen) atoms. The minimum absolute atomic E-state index is 0.0184. The molecule has 2 aromatic rings. The molecule has 2 rings (SSSR count). The molecule has 0 atom stereocenters. The van der Waals surface area contributed by atoms with Gasteiger partial charge in [0.15, 0.2) is 0 Å². The molecule has 0 aliphatic rings. The molecule has 0 unspecified atom stereocenters. The molecule has 1 heterocycles. The monoisotopic (exact) mass is 355 g/mol. The van der Waals surface area contributed by atoms with E-state index in [1.165, 1.54) is 0 Å². The number of carbonyl (C=O) groups excluding carboxylic acids is 1. The first-order valence-corrected chi connectivity index (χ1v) is 7.23. The van der Waals surface area contributed by atoms with E-state index < -0.39 is 17.8 Å². The largest absolute Gasteiger partial charge is 0.416 e. The van der Waals surface area contributed by atoms with Crippen LogP contribution in [0.15, 0.2) is 30.3 Å². The number of halogens is 3. The number of hydrogen-bond acceptors (Lipinski definition) is 5. The summed E-state index contributed by atoms with van der Waals surface area (Å²) in [7, 11) is 0. The zero-order valence-electron chi connectivity index (χ0n) is 13.2. The zero-order chi connectivity index (χ0) is 18.4. The molecule has 0 fully saturated rings. The van der Waals surface area contributed by atoms with Crippen LogP contribution in [0.5, 0.6) is 0 Å². The fourth-order valence-electron chi connectivity index (χ4n) is 1.91. The number of hydrogen-bond donors (Lipinski definition) is 4. The van der Waals surface area contributed by atoms with Crippen LogP contribution in [0.2, 0.25) is 0 Å². The standard InChI is InChI=1S/C15H16F3N5O2/c1-9-8-12(19-6-7-24)22-13(20-9)23-14(25)21-11-4-2-10(3-5-11)15(16,17)18/h2-5,8,24H,6-7H2,1H3,(H3,19,20,21,22,23,25). The number of urea groups is 1. The van der Waals surface area contributed by atoms with E-state index in [2.05, 4.69) is 25.9 Å². The highest BCUT2D eigenvalue weighted by Crippen LogP contribution is 2.29. The Labute approximate surface area is 141 Å². The van der Waals surface area contributed by atoms with Crippen molar-refractivity contribution in [2.75, 3.05) is 29.1 Å². The first kappa shape index (κ1) is 18.5. The number of alkyl halides is 3. The zero-order valence-corrected chi connectivity index (χ0v) is 13.2. The van der Waals surface area contributed by atoms with Crippen LogP contribution in [0.25, 0.3) is 0 Å². The Balaban J connectivity index is 2.01. The van der Waals surface area contributed by atoms with Crippen molar-refractivity contribution in [2.24, 2.45) is 0 Å². The number of nitrogens with zero attached hydrogens (tertiary/aromatic N) is 2. The number of carbonyl (C=O) groups is 1. The first-order chi connectivity index (χ1) is 11.8. The van der Waals surface area contributed by atoms with Crippen molar-refractivity contribution in [3.8, 4) is 0 Å². The molecule has 0 radical (unpaired) electrons. The second-order valence-electron chi connectivity index (χ2n) is 5.02. The van der Waals surface area contributed by atoms with Gasteiger partial charge in [0.05, 0.1) is 12.2 Å². The maximum Gasteiger partial charge on any atom is 0.416 e. The Kier molecular flexibility index (Phi) is 5.75. The lowest BCUT2D eigenvalue weighted by Gasteiger charge is -2.10. The number of amides is 2. The Morgan fingerprint density at radius 2 is 1.84 bits per heavy atom. The van der Waals surface area contributed by atoms with E-state index in [-0.39, 0.29) is 24.8 Å². The number of benzene rings is 1. The molecule has 0 bridgehead atoms. The number of aliphatic hydroxyl groups is 1.